The van der Waals surface area contributed by atoms with Crippen molar-refractivity contribution in [3.05, 3.63) is 40.7 Å². The highest BCUT2D eigenvalue weighted by atomic mass is 16.1. The number of hydrogen-bond acceptors (Lipinski definition) is 1. The number of carbonyl (C=O) groups is 1. The average molecular weight is 145 g/mol. The molecule has 0 amide bonds. The van der Waals surface area contributed by atoms with Crippen LogP contribution >= 0.6 is 0 Å². The lowest BCUT2D eigenvalue weighted by atomic mass is 10.1. The van der Waals surface area contributed by atoms with Crippen LogP contribution < -0.4 is 0 Å². The molecule has 0 fully saturated rings. The molecule has 1 aromatic carbocycles. The maximum Gasteiger partial charge on any atom is 0.188 e. The number of benzene rings is 1. The number of hydrogen-bond donors (Lipinski definition) is 0. The van der Waals surface area contributed by atoms with E-state index in [-0.39, 0.29) is 0 Å². The van der Waals surface area contributed by atoms with Crippen LogP contribution in [0.1, 0.15) is 15.9 Å². The second-order valence-corrected chi connectivity index (χ2v) is 2.33. The Bertz CT molecular complexity index is 323. The van der Waals surface area contributed by atoms with Gasteiger partial charge in [-0.05, 0) is 13.0 Å². The van der Waals surface area contributed by atoms with Crippen molar-refractivity contribution < 1.29 is 4.79 Å². The van der Waals surface area contributed by atoms with E-state index in [1.165, 1.54) is 0 Å². The van der Waals surface area contributed by atoms with Gasteiger partial charge in [0, 0.05) is 5.56 Å². The van der Waals surface area contributed by atoms with Gasteiger partial charge in [-0.1, -0.05) is 17.7 Å². The maximum absolute atomic E-state index is 10.3. The summed E-state index contributed by atoms with van der Waals surface area (Å²) in [4.78, 5) is 13.6. The first-order valence-electron chi connectivity index (χ1n) is 3.20. The van der Waals surface area contributed by atoms with Crippen LogP contribution in [-0.4, -0.2) is 6.29 Å². The van der Waals surface area contributed by atoms with Crippen molar-refractivity contribution in [3.8, 4) is 0 Å². The Morgan fingerprint density at radius 1 is 1.45 bits per heavy atom. The number of carbonyl (C=O) groups excluding carboxylic acids is 1. The molecule has 0 atom stereocenters. The molecular weight excluding hydrogens is 138 g/mol. The first-order chi connectivity index (χ1) is 5.26. The molecule has 11 heavy (non-hydrogen) atoms. The summed E-state index contributed by atoms with van der Waals surface area (Å²) in [5, 5.41) is 0. The predicted octanol–water partition coefficient (Wildman–Crippen LogP) is 2.36. The summed E-state index contributed by atoms with van der Waals surface area (Å²) in [6, 6.07) is 5.08. The number of nitrogens with zero attached hydrogens (tertiary/aromatic N) is 1. The van der Waals surface area contributed by atoms with Gasteiger partial charge in [0.1, 0.15) is 6.29 Å². The van der Waals surface area contributed by atoms with Gasteiger partial charge in [-0.3, -0.25) is 4.79 Å². The summed E-state index contributed by atoms with van der Waals surface area (Å²) >= 11 is 0. The molecule has 0 bridgehead atoms. The van der Waals surface area contributed by atoms with Crippen molar-refractivity contribution in [1.82, 2.24) is 0 Å². The third kappa shape index (κ3) is 1.65. The Hall–Kier alpha value is -1.62. The SMILES string of the molecule is [C-]#[N+]c1cc(C)cc(C=O)c1. The van der Waals surface area contributed by atoms with Crippen LogP contribution in [0, 0.1) is 13.5 Å². The summed E-state index contributed by atoms with van der Waals surface area (Å²) < 4.78 is 0. The molecular formula is C9H7NO. The molecule has 0 aliphatic heterocycles. The van der Waals surface area contributed by atoms with Gasteiger partial charge >= 0.3 is 0 Å². The van der Waals surface area contributed by atoms with E-state index in [0.717, 1.165) is 11.8 Å². The van der Waals surface area contributed by atoms with E-state index >= 15 is 0 Å². The zero-order valence-electron chi connectivity index (χ0n) is 6.16. The van der Waals surface area contributed by atoms with E-state index in [1.54, 1.807) is 18.2 Å². The van der Waals surface area contributed by atoms with Gasteiger partial charge in [-0.15, -0.1) is 0 Å². The summed E-state index contributed by atoms with van der Waals surface area (Å²) in [6.07, 6.45) is 0.752. The van der Waals surface area contributed by atoms with E-state index in [4.69, 9.17) is 6.57 Å². The fraction of sp³-hybridized carbons (Fsp3) is 0.111. The normalized spacial score (nSPS) is 8.73. The molecule has 0 spiro atoms. The largest absolute Gasteiger partial charge is 0.298 e. The van der Waals surface area contributed by atoms with E-state index in [0.29, 0.717) is 11.3 Å². The number of aryl methyl sites for hydroxylation is 1. The molecule has 2 heteroatoms. The van der Waals surface area contributed by atoms with E-state index in [1.807, 2.05) is 6.92 Å². The highest BCUT2D eigenvalue weighted by molar-refractivity contribution is 5.77. The van der Waals surface area contributed by atoms with Gasteiger partial charge < -0.3 is 0 Å². The smallest absolute Gasteiger partial charge is 0.188 e. The molecule has 1 aromatic rings. The zero-order chi connectivity index (χ0) is 8.27. The molecule has 0 saturated carbocycles. The topological polar surface area (TPSA) is 21.4 Å². The van der Waals surface area contributed by atoms with Crippen molar-refractivity contribution in [2.75, 3.05) is 0 Å². The first kappa shape index (κ1) is 7.49. The lowest BCUT2D eigenvalue weighted by Gasteiger charge is -1.94. The quantitative estimate of drug-likeness (QED) is 0.439. The van der Waals surface area contributed by atoms with Gasteiger partial charge in [-0.2, -0.15) is 0 Å². The second-order valence-electron chi connectivity index (χ2n) is 2.33. The Morgan fingerprint density at radius 2 is 2.18 bits per heavy atom. The van der Waals surface area contributed by atoms with Gasteiger partial charge in [0.05, 0.1) is 6.57 Å². The van der Waals surface area contributed by atoms with Crippen LogP contribution in [0.3, 0.4) is 0 Å². The minimum Gasteiger partial charge on any atom is -0.298 e. The third-order valence-corrected chi connectivity index (χ3v) is 1.35. The molecule has 54 valence electrons. The predicted molar refractivity (Wildman–Crippen MR) is 42.8 cm³/mol. The fourth-order valence-corrected chi connectivity index (χ4v) is 0.925. The number of aldehydes is 1. The lowest BCUT2D eigenvalue weighted by Crippen LogP contribution is -1.79. The minimum atomic E-state index is 0.520. The summed E-state index contributed by atoms with van der Waals surface area (Å²) in [6.45, 7) is 8.58. The molecule has 0 aromatic heterocycles. The zero-order valence-corrected chi connectivity index (χ0v) is 6.16. The van der Waals surface area contributed by atoms with Gasteiger partial charge in [0.25, 0.3) is 0 Å². The van der Waals surface area contributed by atoms with Crippen LogP contribution in [0.2, 0.25) is 0 Å². The Labute approximate surface area is 65.3 Å². The second kappa shape index (κ2) is 2.98. The highest BCUT2D eigenvalue weighted by Gasteiger charge is 1.95. The monoisotopic (exact) mass is 145 g/mol. The van der Waals surface area contributed by atoms with E-state index in [2.05, 4.69) is 4.85 Å². The van der Waals surface area contributed by atoms with Crippen LogP contribution in [0.15, 0.2) is 18.2 Å². The first-order valence-corrected chi connectivity index (χ1v) is 3.20. The van der Waals surface area contributed by atoms with Crippen molar-refractivity contribution in [2.45, 2.75) is 6.92 Å². The van der Waals surface area contributed by atoms with Crippen LogP contribution in [0.4, 0.5) is 5.69 Å². The molecule has 0 radical (unpaired) electrons. The van der Waals surface area contributed by atoms with E-state index in [9.17, 15) is 4.79 Å². The minimum absolute atomic E-state index is 0.520. The molecule has 0 aliphatic rings. The fourth-order valence-electron chi connectivity index (χ4n) is 0.925. The summed E-state index contributed by atoms with van der Waals surface area (Å²) in [5.41, 5.74) is 2.03. The molecule has 0 unspecified atom stereocenters. The third-order valence-electron chi connectivity index (χ3n) is 1.35. The maximum atomic E-state index is 10.3. The molecule has 2 nitrogen and oxygen atoms in total. The average Bonchev–Trinajstić information content (AvgIpc) is 2.03. The van der Waals surface area contributed by atoms with Crippen molar-refractivity contribution in [1.29, 1.82) is 0 Å². The Balaban J connectivity index is 3.25. The summed E-state index contributed by atoms with van der Waals surface area (Å²) in [7, 11) is 0. The van der Waals surface area contributed by atoms with Gasteiger partial charge in [0.15, 0.2) is 5.69 Å². The van der Waals surface area contributed by atoms with E-state index < -0.39 is 0 Å². The molecule has 0 heterocycles. The molecule has 0 saturated heterocycles. The van der Waals surface area contributed by atoms with Crippen molar-refractivity contribution >= 4 is 12.0 Å². The van der Waals surface area contributed by atoms with Crippen LogP contribution in [0.5, 0.6) is 0 Å². The van der Waals surface area contributed by atoms with Gasteiger partial charge in [0.2, 0.25) is 0 Å². The van der Waals surface area contributed by atoms with Crippen LogP contribution in [0.25, 0.3) is 4.85 Å². The highest BCUT2D eigenvalue weighted by Crippen LogP contribution is 2.15. The Kier molecular flexibility index (Phi) is 2.03. The van der Waals surface area contributed by atoms with Crippen molar-refractivity contribution in [3.63, 3.8) is 0 Å². The lowest BCUT2D eigenvalue weighted by molar-refractivity contribution is 0.112. The molecule has 0 N–H and O–H groups in total. The number of rotatable bonds is 1. The standard InChI is InChI=1S/C9H7NO/c1-7-3-8(6-11)5-9(4-7)10-2/h3-6H,1H3. The van der Waals surface area contributed by atoms with Crippen LogP contribution in [-0.2, 0) is 0 Å². The van der Waals surface area contributed by atoms with Crippen molar-refractivity contribution in [2.24, 2.45) is 0 Å². The Morgan fingerprint density at radius 3 is 2.73 bits per heavy atom. The van der Waals surface area contributed by atoms with Gasteiger partial charge in [-0.25, -0.2) is 4.85 Å². The summed E-state index contributed by atoms with van der Waals surface area (Å²) in [5.74, 6) is 0. The molecule has 1 rings (SSSR count). The molecule has 0 aliphatic carbocycles.